The summed E-state index contributed by atoms with van der Waals surface area (Å²) < 4.78 is 7.37. The fourth-order valence-electron chi connectivity index (χ4n) is 2.85. The Morgan fingerprint density at radius 2 is 1.79 bits per heavy atom. The smallest absolute Gasteiger partial charge is 0.277 e. The van der Waals surface area contributed by atoms with Crippen LogP contribution < -0.4 is 10.3 Å². The van der Waals surface area contributed by atoms with Crippen molar-refractivity contribution in [1.82, 2.24) is 19.6 Å². The number of benzene rings is 1. The second kappa shape index (κ2) is 11.3. The van der Waals surface area contributed by atoms with Gasteiger partial charge >= 0.3 is 0 Å². The Kier molecular flexibility index (Phi) is 9.42. The van der Waals surface area contributed by atoms with Crippen LogP contribution in [0.15, 0.2) is 23.0 Å². The van der Waals surface area contributed by atoms with E-state index in [0.29, 0.717) is 29.4 Å². The number of nitrogens with zero attached hydrogens (tertiary/aromatic N) is 3. The maximum atomic E-state index is 12.6. The molecule has 0 amide bonds. The van der Waals surface area contributed by atoms with Crippen LogP contribution in [0.4, 0.5) is 0 Å². The highest BCUT2D eigenvalue weighted by Gasteiger charge is 2.16. The van der Waals surface area contributed by atoms with Gasteiger partial charge in [0.1, 0.15) is 11.6 Å². The van der Waals surface area contributed by atoms with E-state index in [9.17, 15) is 4.79 Å². The molecule has 28 heavy (non-hydrogen) atoms. The fourth-order valence-corrected chi connectivity index (χ4v) is 2.85. The van der Waals surface area contributed by atoms with Gasteiger partial charge in [-0.15, -0.1) is 5.10 Å². The molecule has 0 unspecified atom stereocenters. The average molecular weight is 387 g/mol. The molecule has 3 rings (SSSR count). The Morgan fingerprint density at radius 1 is 1.11 bits per heavy atom. The first-order valence-electron chi connectivity index (χ1n) is 10.3. The first kappa shape index (κ1) is 23.4. The molecule has 154 valence electrons. The molecule has 6 heteroatoms. The molecule has 3 aromatic rings. The second-order valence-corrected chi connectivity index (χ2v) is 5.86. The zero-order valence-electron chi connectivity index (χ0n) is 18.5. The van der Waals surface area contributed by atoms with E-state index >= 15 is 0 Å². The molecule has 6 nitrogen and oxygen atoms in total. The normalized spacial score (nSPS) is 10.0. The number of H-pyrrole nitrogens is 1. The summed E-state index contributed by atoms with van der Waals surface area (Å²) in [5, 5.41) is 4.65. The Morgan fingerprint density at radius 3 is 2.39 bits per heavy atom. The highest BCUT2D eigenvalue weighted by molar-refractivity contribution is 5.66. The van der Waals surface area contributed by atoms with Crippen LogP contribution >= 0.6 is 0 Å². The van der Waals surface area contributed by atoms with Gasteiger partial charge in [-0.2, -0.15) is 0 Å². The summed E-state index contributed by atoms with van der Waals surface area (Å²) in [6, 6.07) is 5.86. The third-order valence-corrected chi connectivity index (χ3v) is 3.91. The van der Waals surface area contributed by atoms with Gasteiger partial charge in [-0.05, 0) is 39.3 Å². The van der Waals surface area contributed by atoms with Gasteiger partial charge in [0.15, 0.2) is 11.3 Å². The molecule has 1 aromatic carbocycles. The standard InChI is InChI=1S/C18H22N4O2.2C2H6/c1-5-7-15-19-12(4)16-18(23)20-17(21-22(15)16)13-10-11(3)8-9-14(13)24-6-2;2*1-2/h8-10H,5-7H2,1-4H3,(H,20,21,23);2*1-2H3. The molecule has 0 saturated heterocycles. The van der Waals surface area contributed by atoms with Crippen molar-refractivity contribution in [2.75, 3.05) is 6.61 Å². The Labute approximate surface area is 168 Å². The number of rotatable bonds is 5. The quantitative estimate of drug-likeness (QED) is 0.662. The highest BCUT2D eigenvalue weighted by atomic mass is 16.5. The molecule has 2 heterocycles. The lowest BCUT2D eigenvalue weighted by Crippen LogP contribution is -2.16. The molecular formula is C22H34N4O2. The molecule has 0 fully saturated rings. The van der Waals surface area contributed by atoms with E-state index in [4.69, 9.17) is 4.74 Å². The van der Waals surface area contributed by atoms with E-state index < -0.39 is 0 Å². The second-order valence-electron chi connectivity index (χ2n) is 5.86. The zero-order valence-corrected chi connectivity index (χ0v) is 18.5. The number of hydrogen-bond donors (Lipinski definition) is 1. The summed E-state index contributed by atoms with van der Waals surface area (Å²) >= 11 is 0. The number of imidazole rings is 1. The van der Waals surface area contributed by atoms with Crippen LogP contribution in [0.5, 0.6) is 5.75 Å². The lowest BCUT2D eigenvalue weighted by atomic mass is 10.1. The number of aromatic nitrogens is 4. The molecule has 2 aromatic heterocycles. The van der Waals surface area contributed by atoms with E-state index in [1.54, 1.807) is 4.52 Å². The maximum Gasteiger partial charge on any atom is 0.277 e. The number of aryl methyl sites for hydroxylation is 3. The molecule has 0 aliphatic heterocycles. The molecule has 0 bridgehead atoms. The van der Waals surface area contributed by atoms with Crippen LogP contribution in [0, 0.1) is 13.8 Å². The Bertz CT molecular complexity index is 942. The summed E-state index contributed by atoms with van der Waals surface area (Å²) in [5.41, 5.74) is 2.88. The van der Waals surface area contributed by atoms with E-state index in [1.165, 1.54) is 0 Å². The van der Waals surface area contributed by atoms with Crippen molar-refractivity contribution in [2.45, 2.75) is 68.2 Å². The molecule has 0 radical (unpaired) electrons. The van der Waals surface area contributed by atoms with Gasteiger partial charge in [-0.3, -0.25) is 4.79 Å². The number of ether oxygens (including phenoxy) is 1. The summed E-state index contributed by atoms with van der Waals surface area (Å²) in [6.07, 6.45) is 1.72. The highest BCUT2D eigenvalue weighted by Crippen LogP contribution is 2.28. The predicted octanol–water partition coefficient (Wildman–Crippen LogP) is 5.11. The minimum atomic E-state index is -0.184. The molecule has 0 aliphatic rings. The third-order valence-electron chi connectivity index (χ3n) is 3.91. The van der Waals surface area contributed by atoms with Crippen LogP contribution in [0.3, 0.4) is 0 Å². The number of nitrogens with one attached hydrogen (secondary N) is 1. The minimum absolute atomic E-state index is 0.184. The number of hydrogen-bond acceptors (Lipinski definition) is 4. The average Bonchev–Trinajstić information content (AvgIpc) is 3.03. The number of aromatic amines is 1. The first-order chi connectivity index (χ1) is 13.5. The third kappa shape index (κ3) is 5.00. The van der Waals surface area contributed by atoms with Crippen molar-refractivity contribution in [3.05, 3.63) is 45.6 Å². The summed E-state index contributed by atoms with van der Waals surface area (Å²) in [5.74, 6) is 2.01. The lowest BCUT2D eigenvalue weighted by Gasteiger charge is -2.11. The molecule has 0 atom stereocenters. The van der Waals surface area contributed by atoms with Gasteiger partial charge < -0.3 is 9.72 Å². The molecule has 0 spiro atoms. The van der Waals surface area contributed by atoms with Gasteiger partial charge in [0.25, 0.3) is 5.56 Å². The molecular weight excluding hydrogens is 352 g/mol. The lowest BCUT2D eigenvalue weighted by molar-refractivity contribution is 0.341. The minimum Gasteiger partial charge on any atom is -0.493 e. The van der Waals surface area contributed by atoms with E-state index in [0.717, 1.165) is 29.8 Å². The van der Waals surface area contributed by atoms with E-state index in [1.807, 2.05) is 66.7 Å². The summed E-state index contributed by atoms with van der Waals surface area (Å²) in [6.45, 7) is 16.4. The largest absolute Gasteiger partial charge is 0.493 e. The zero-order chi connectivity index (χ0) is 21.3. The Hall–Kier alpha value is -2.63. The van der Waals surface area contributed by atoms with Gasteiger partial charge in [0, 0.05) is 6.42 Å². The molecule has 0 aliphatic carbocycles. The summed E-state index contributed by atoms with van der Waals surface area (Å²) in [7, 11) is 0. The van der Waals surface area contributed by atoms with E-state index in [2.05, 4.69) is 22.0 Å². The predicted molar refractivity (Wildman–Crippen MR) is 116 cm³/mol. The van der Waals surface area contributed by atoms with Crippen molar-refractivity contribution in [1.29, 1.82) is 0 Å². The molecule has 1 N–H and O–H groups in total. The van der Waals surface area contributed by atoms with Gasteiger partial charge in [0.05, 0.1) is 17.9 Å². The Balaban J connectivity index is 0.000000921. The SMILES string of the molecule is CC.CC.CCCc1nc(C)c2c(=O)[nH]c(-c3cc(C)ccc3OCC)nn12. The van der Waals surface area contributed by atoms with Crippen molar-refractivity contribution in [3.63, 3.8) is 0 Å². The van der Waals surface area contributed by atoms with Gasteiger partial charge in [0.2, 0.25) is 0 Å². The monoisotopic (exact) mass is 386 g/mol. The van der Waals surface area contributed by atoms with Crippen molar-refractivity contribution < 1.29 is 4.74 Å². The maximum absolute atomic E-state index is 12.6. The first-order valence-corrected chi connectivity index (χ1v) is 10.3. The van der Waals surface area contributed by atoms with Gasteiger partial charge in [-0.1, -0.05) is 46.2 Å². The van der Waals surface area contributed by atoms with Crippen LogP contribution in [0.2, 0.25) is 0 Å². The molecule has 0 saturated carbocycles. The van der Waals surface area contributed by atoms with Crippen LogP contribution in [0.1, 0.15) is 65.0 Å². The van der Waals surface area contributed by atoms with E-state index in [-0.39, 0.29) is 5.56 Å². The van der Waals surface area contributed by atoms with Crippen LogP contribution in [0.25, 0.3) is 16.9 Å². The number of fused-ring (bicyclic) bond motifs is 1. The van der Waals surface area contributed by atoms with Crippen molar-refractivity contribution >= 4 is 5.52 Å². The van der Waals surface area contributed by atoms with Crippen LogP contribution in [-0.2, 0) is 6.42 Å². The summed E-state index contributed by atoms with van der Waals surface area (Å²) in [4.78, 5) is 20.0. The van der Waals surface area contributed by atoms with Crippen molar-refractivity contribution in [3.8, 4) is 17.1 Å². The topological polar surface area (TPSA) is 72.3 Å². The van der Waals surface area contributed by atoms with Crippen molar-refractivity contribution in [2.24, 2.45) is 0 Å². The van der Waals surface area contributed by atoms with Crippen LogP contribution in [-0.4, -0.2) is 26.2 Å². The fraction of sp³-hybridized carbons (Fsp3) is 0.500. The van der Waals surface area contributed by atoms with Gasteiger partial charge in [-0.25, -0.2) is 9.50 Å².